The molecule has 6 heteroatoms. The number of ether oxygens (including phenoxy) is 1. The first-order valence-corrected chi connectivity index (χ1v) is 10.5. The van der Waals surface area contributed by atoms with Crippen molar-refractivity contribution in [1.29, 1.82) is 0 Å². The van der Waals surface area contributed by atoms with E-state index in [2.05, 4.69) is 15.9 Å². The molecule has 0 radical (unpaired) electrons. The predicted molar refractivity (Wildman–Crippen MR) is 112 cm³/mol. The van der Waals surface area contributed by atoms with Gasteiger partial charge in [0.1, 0.15) is 5.78 Å². The summed E-state index contributed by atoms with van der Waals surface area (Å²) in [7, 11) is 0. The lowest BCUT2D eigenvalue weighted by molar-refractivity contribution is -0.123. The minimum absolute atomic E-state index is 0.147. The molecule has 1 unspecified atom stereocenters. The topological polar surface area (TPSA) is 63.6 Å². The van der Waals surface area contributed by atoms with Gasteiger partial charge in [-0.2, -0.15) is 0 Å². The number of carbonyl (C=O) groups excluding carboxylic acids is 1. The zero-order valence-corrected chi connectivity index (χ0v) is 17.7. The van der Waals surface area contributed by atoms with E-state index in [4.69, 9.17) is 21.4 Å². The lowest BCUT2D eigenvalue weighted by Gasteiger charge is -2.21. The third kappa shape index (κ3) is 5.43. The first-order valence-electron chi connectivity index (χ1n) is 9.25. The smallest absolute Gasteiger partial charge is 0.335 e. The van der Waals surface area contributed by atoms with Crippen molar-refractivity contribution in [2.24, 2.45) is 11.8 Å². The summed E-state index contributed by atoms with van der Waals surface area (Å²) >= 11 is 9.73. The molecule has 3 rings (SSSR count). The van der Waals surface area contributed by atoms with Crippen LogP contribution in [0.15, 0.2) is 48.5 Å². The third-order valence-electron chi connectivity index (χ3n) is 5.19. The Morgan fingerprint density at radius 1 is 1.18 bits per heavy atom. The van der Waals surface area contributed by atoms with Gasteiger partial charge in [-0.05, 0) is 54.2 Å². The van der Waals surface area contributed by atoms with Crippen molar-refractivity contribution in [3.63, 3.8) is 0 Å². The predicted octanol–water partition coefficient (Wildman–Crippen LogP) is 5.16. The SMILES string of the molecule is O=C(O)c1cccc(COC[C@H]2C(=O)CC(Br)[C@@H]2CCc2cccc(Cl)c2)c1. The van der Waals surface area contributed by atoms with Crippen LogP contribution in [0.2, 0.25) is 5.02 Å². The fourth-order valence-corrected chi connectivity index (χ4v) is 4.87. The Kier molecular flexibility index (Phi) is 7.27. The van der Waals surface area contributed by atoms with Crippen molar-refractivity contribution in [2.45, 2.75) is 30.7 Å². The molecule has 4 nitrogen and oxygen atoms in total. The highest BCUT2D eigenvalue weighted by Gasteiger charge is 2.40. The van der Waals surface area contributed by atoms with Crippen LogP contribution in [0, 0.1) is 11.8 Å². The number of hydrogen-bond donors (Lipinski definition) is 1. The Balaban J connectivity index is 1.57. The fraction of sp³-hybridized carbons (Fsp3) is 0.364. The maximum Gasteiger partial charge on any atom is 0.335 e. The number of ketones is 1. The summed E-state index contributed by atoms with van der Waals surface area (Å²) in [6, 6.07) is 14.5. The molecule has 1 saturated carbocycles. The number of aryl methyl sites for hydroxylation is 1. The Labute approximate surface area is 178 Å². The summed E-state index contributed by atoms with van der Waals surface area (Å²) in [6.07, 6.45) is 2.25. The Hall–Kier alpha value is -1.69. The van der Waals surface area contributed by atoms with Gasteiger partial charge in [0, 0.05) is 22.2 Å². The summed E-state index contributed by atoms with van der Waals surface area (Å²) in [4.78, 5) is 23.7. The summed E-state index contributed by atoms with van der Waals surface area (Å²) < 4.78 is 5.80. The number of aromatic carboxylic acids is 1. The molecule has 0 aromatic heterocycles. The van der Waals surface area contributed by atoms with Gasteiger partial charge in [-0.15, -0.1) is 0 Å². The highest BCUT2D eigenvalue weighted by Crippen LogP contribution is 2.37. The van der Waals surface area contributed by atoms with Crippen molar-refractivity contribution in [3.8, 4) is 0 Å². The molecule has 1 fully saturated rings. The van der Waals surface area contributed by atoms with E-state index in [0.29, 0.717) is 19.6 Å². The molecule has 1 N–H and O–H groups in total. The number of carboxylic acid groups (broad SMARTS) is 1. The molecule has 3 atom stereocenters. The number of carbonyl (C=O) groups is 2. The van der Waals surface area contributed by atoms with Crippen LogP contribution in [0.1, 0.15) is 34.3 Å². The Bertz CT molecular complexity index is 854. The summed E-state index contributed by atoms with van der Waals surface area (Å²) in [5, 5.41) is 9.80. The van der Waals surface area contributed by atoms with Gasteiger partial charge in [0.15, 0.2) is 0 Å². The minimum Gasteiger partial charge on any atom is -0.478 e. The van der Waals surface area contributed by atoms with E-state index in [1.165, 1.54) is 0 Å². The van der Waals surface area contributed by atoms with Crippen LogP contribution >= 0.6 is 27.5 Å². The van der Waals surface area contributed by atoms with Crippen LogP contribution in [0.25, 0.3) is 0 Å². The first kappa shape index (κ1) is 21.0. The van der Waals surface area contributed by atoms with Gasteiger partial charge >= 0.3 is 5.97 Å². The highest BCUT2D eigenvalue weighted by atomic mass is 79.9. The monoisotopic (exact) mass is 464 g/mol. The first-order chi connectivity index (χ1) is 13.4. The lowest BCUT2D eigenvalue weighted by atomic mass is 9.90. The molecule has 0 amide bonds. The normalized spacial score (nSPS) is 21.8. The second kappa shape index (κ2) is 9.68. The van der Waals surface area contributed by atoms with Crippen molar-refractivity contribution >= 4 is 39.3 Å². The van der Waals surface area contributed by atoms with Crippen LogP contribution in [0.4, 0.5) is 0 Å². The van der Waals surface area contributed by atoms with Gasteiger partial charge in [-0.1, -0.05) is 51.8 Å². The van der Waals surface area contributed by atoms with Gasteiger partial charge in [0.25, 0.3) is 0 Å². The van der Waals surface area contributed by atoms with Crippen molar-refractivity contribution in [2.75, 3.05) is 6.61 Å². The summed E-state index contributed by atoms with van der Waals surface area (Å²) in [5.41, 5.74) is 2.19. The molecule has 0 heterocycles. The molecule has 0 saturated heterocycles. The largest absolute Gasteiger partial charge is 0.478 e. The van der Waals surface area contributed by atoms with Crippen LogP contribution < -0.4 is 0 Å². The molecule has 1 aliphatic carbocycles. The van der Waals surface area contributed by atoms with E-state index in [1.807, 2.05) is 30.3 Å². The van der Waals surface area contributed by atoms with Crippen LogP contribution in [-0.2, 0) is 22.6 Å². The van der Waals surface area contributed by atoms with Gasteiger partial charge in [-0.25, -0.2) is 4.79 Å². The van der Waals surface area contributed by atoms with Gasteiger partial charge in [-0.3, -0.25) is 4.79 Å². The zero-order chi connectivity index (χ0) is 20.1. The van der Waals surface area contributed by atoms with Crippen molar-refractivity contribution in [1.82, 2.24) is 0 Å². The van der Waals surface area contributed by atoms with Crippen molar-refractivity contribution < 1.29 is 19.4 Å². The molecule has 1 aliphatic rings. The van der Waals surface area contributed by atoms with Crippen LogP contribution in [-0.4, -0.2) is 28.3 Å². The highest BCUT2D eigenvalue weighted by molar-refractivity contribution is 9.09. The zero-order valence-electron chi connectivity index (χ0n) is 15.3. The molecule has 2 aromatic rings. The standard InChI is InChI=1S/C22H22BrClO4/c23-20-11-21(25)19(18(20)8-7-14-3-2-6-17(24)10-14)13-28-12-15-4-1-5-16(9-15)22(26)27/h1-6,9-10,18-20H,7-8,11-13H2,(H,26,27)/t18-,19-,20?/m1/s1. The quantitative estimate of drug-likeness (QED) is 0.547. The van der Waals surface area contributed by atoms with Crippen LogP contribution in [0.5, 0.6) is 0 Å². The molecule has 0 spiro atoms. The second-order valence-corrected chi connectivity index (χ2v) is 8.76. The maximum absolute atomic E-state index is 12.4. The van der Waals surface area contributed by atoms with E-state index < -0.39 is 5.97 Å². The number of hydrogen-bond acceptors (Lipinski definition) is 3. The number of Topliss-reactive ketones (excluding diaryl/α,β-unsaturated/α-hetero) is 1. The second-order valence-electron chi connectivity index (χ2n) is 7.15. The van der Waals surface area contributed by atoms with E-state index in [-0.39, 0.29) is 28.0 Å². The number of carboxylic acids is 1. The minimum atomic E-state index is -0.962. The third-order valence-corrected chi connectivity index (χ3v) is 6.42. The van der Waals surface area contributed by atoms with Gasteiger partial charge in [0.05, 0.1) is 18.8 Å². The van der Waals surface area contributed by atoms with E-state index in [9.17, 15) is 9.59 Å². The van der Waals surface area contributed by atoms with Crippen LogP contribution in [0.3, 0.4) is 0 Å². The molecular formula is C22H22BrClO4. The van der Waals surface area contributed by atoms with E-state index in [0.717, 1.165) is 29.0 Å². The molecule has 0 bridgehead atoms. The Morgan fingerprint density at radius 2 is 1.93 bits per heavy atom. The summed E-state index contributed by atoms with van der Waals surface area (Å²) in [6.45, 7) is 0.636. The lowest BCUT2D eigenvalue weighted by Crippen LogP contribution is -2.23. The molecule has 2 aromatic carbocycles. The fourth-order valence-electron chi connectivity index (χ4n) is 3.71. The van der Waals surface area contributed by atoms with Crippen molar-refractivity contribution in [3.05, 3.63) is 70.2 Å². The number of halogens is 2. The van der Waals surface area contributed by atoms with E-state index in [1.54, 1.807) is 18.2 Å². The number of alkyl halides is 1. The molecular weight excluding hydrogens is 444 g/mol. The molecule has 148 valence electrons. The van der Waals surface area contributed by atoms with Gasteiger partial charge < -0.3 is 9.84 Å². The maximum atomic E-state index is 12.4. The number of benzene rings is 2. The van der Waals surface area contributed by atoms with E-state index >= 15 is 0 Å². The molecule has 0 aliphatic heterocycles. The average Bonchev–Trinajstić information content (AvgIpc) is 2.93. The number of rotatable bonds is 8. The molecule has 28 heavy (non-hydrogen) atoms. The summed E-state index contributed by atoms with van der Waals surface area (Å²) in [5.74, 6) is -0.684. The Morgan fingerprint density at radius 3 is 2.68 bits per heavy atom. The average molecular weight is 466 g/mol. The van der Waals surface area contributed by atoms with Gasteiger partial charge in [0.2, 0.25) is 0 Å².